The minimum absolute atomic E-state index is 0.285. The zero-order valence-electron chi connectivity index (χ0n) is 12.8. The van der Waals surface area contributed by atoms with Crippen LogP contribution in [0.15, 0.2) is 67.4 Å². The highest BCUT2D eigenvalue weighted by molar-refractivity contribution is 5.90. The van der Waals surface area contributed by atoms with Gasteiger partial charge in [0.15, 0.2) is 5.75 Å². The number of ether oxygens (including phenoxy) is 2. The third-order valence-corrected chi connectivity index (χ3v) is 2.95. The summed E-state index contributed by atoms with van der Waals surface area (Å²) in [6.45, 7) is 4.50. The zero-order chi connectivity index (χ0) is 16.3. The molecule has 0 saturated carbocycles. The van der Waals surface area contributed by atoms with Gasteiger partial charge in [0.2, 0.25) is 0 Å². The fraction of sp³-hybridized carbons (Fsp3) is 0.167. The zero-order valence-corrected chi connectivity index (χ0v) is 12.8. The van der Waals surface area contributed by atoms with Gasteiger partial charge in [-0.3, -0.25) is 0 Å². The summed E-state index contributed by atoms with van der Waals surface area (Å²) in [5.74, 6) is 1.30. The van der Waals surface area contributed by atoms with Crippen molar-refractivity contribution in [2.75, 3.05) is 18.5 Å². The van der Waals surface area contributed by atoms with Crippen LogP contribution in [0.5, 0.6) is 11.5 Å². The van der Waals surface area contributed by atoms with Crippen LogP contribution in [0.4, 0.5) is 10.5 Å². The molecule has 5 nitrogen and oxygen atoms in total. The molecule has 0 aromatic heterocycles. The molecule has 2 N–H and O–H groups in total. The lowest BCUT2D eigenvalue weighted by Gasteiger charge is -2.12. The van der Waals surface area contributed by atoms with E-state index in [0.29, 0.717) is 36.8 Å². The molecule has 0 aliphatic heterocycles. The first kappa shape index (κ1) is 16.4. The Bertz CT molecular complexity index is 629. The highest BCUT2D eigenvalue weighted by atomic mass is 16.5. The number of anilines is 1. The van der Waals surface area contributed by atoms with Crippen molar-refractivity contribution in [3.8, 4) is 11.5 Å². The van der Waals surface area contributed by atoms with Crippen molar-refractivity contribution in [3.05, 3.63) is 67.4 Å². The van der Waals surface area contributed by atoms with Crippen LogP contribution in [-0.2, 0) is 4.74 Å². The second-order valence-corrected chi connectivity index (χ2v) is 4.68. The summed E-state index contributed by atoms with van der Waals surface area (Å²) in [6, 6.07) is 16.4. The Morgan fingerprint density at radius 3 is 2.61 bits per heavy atom. The predicted molar refractivity (Wildman–Crippen MR) is 90.7 cm³/mol. The number of hydrogen-bond donors (Lipinski definition) is 2. The first-order valence-corrected chi connectivity index (χ1v) is 7.39. The van der Waals surface area contributed by atoms with E-state index in [1.54, 1.807) is 12.1 Å². The maximum atomic E-state index is 11.9. The first-order chi connectivity index (χ1) is 11.3. The molecule has 0 fully saturated rings. The van der Waals surface area contributed by atoms with Crippen molar-refractivity contribution in [2.24, 2.45) is 0 Å². The molecule has 2 amide bonds. The molecule has 0 saturated heterocycles. The van der Waals surface area contributed by atoms with Gasteiger partial charge in [-0.25, -0.2) is 4.79 Å². The molecular formula is C18H20N2O3. The molecule has 0 spiro atoms. The van der Waals surface area contributed by atoms with Gasteiger partial charge in [-0.2, -0.15) is 0 Å². The Kier molecular flexibility index (Phi) is 6.53. The Morgan fingerprint density at radius 1 is 1.09 bits per heavy atom. The maximum Gasteiger partial charge on any atom is 0.319 e. The molecule has 0 bridgehead atoms. The lowest BCUT2D eigenvalue weighted by Crippen LogP contribution is -2.30. The molecule has 0 heterocycles. The number of rotatable bonds is 8. The first-order valence-electron chi connectivity index (χ1n) is 7.39. The molecule has 0 radical (unpaired) electrons. The van der Waals surface area contributed by atoms with Crippen LogP contribution in [0.2, 0.25) is 0 Å². The topological polar surface area (TPSA) is 59.6 Å². The summed E-state index contributed by atoms with van der Waals surface area (Å²) >= 11 is 0. The van der Waals surface area contributed by atoms with E-state index in [-0.39, 0.29) is 6.03 Å². The van der Waals surface area contributed by atoms with Gasteiger partial charge in [-0.15, -0.1) is 0 Å². The molecule has 2 aromatic carbocycles. The number of nitrogens with one attached hydrogen (secondary N) is 2. The molecule has 0 atom stereocenters. The van der Waals surface area contributed by atoms with E-state index in [1.807, 2.05) is 42.5 Å². The van der Waals surface area contributed by atoms with Gasteiger partial charge in [-0.05, 0) is 30.7 Å². The van der Waals surface area contributed by atoms with Crippen molar-refractivity contribution in [1.82, 2.24) is 5.32 Å². The average molecular weight is 312 g/mol. The normalized spacial score (nSPS) is 9.74. The smallest absolute Gasteiger partial charge is 0.319 e. The van der Waals surface area contributed by atoms with Crippen LogP contribution in [0, 0.1) is 0 Å². The van der Waals surface area contributed by atoms with Gasteiger partial charge < -0.3 is 20.1 Å². The third-order valence-electron chi connectivity index (χ3n) is 2.95. The van der Waals surface area contributed by atoms with Gasteiger partial charge >= 0.3 is 6.03 Å². The Balaban J connectivity index is 1.89. The number of para-hydroxylation sites is 3. The second kappa shape index (κ2) is 9.15. The van der Waals surface area contributed by atoms with E-state index in [2.05, 4.69) is 17.2 Å². The van der Waals surface area contributed by atoms with Crippen molar-refractivity contribution in [1.29, 1.82) is 0 Å². The van der Waals surface area contributed by atoms with Crippen molar-refractivity contribution >= 4 is 11.7 Å². The average Bonchev–Trinajstić information content (AvgIpc) is 2.57. The van der Waals surface area contributed by atoms with E-state index in [0.717, 1.165) is 0 Å². The van der Waals surface area contributed by atoms with Crippen LogP contribution in [-0.4, -0.2) is 19.2 Å². The van der Waals surface area contributed by atoms with E-state index in [9.17, 15) is 4.79 Å². The van der Waals surface area contributed by atoms with Gasteiger partial charge in [0.05, 0.1) is 18.6 Å². The number of hydrogen-bond acceptors (Lipinski definition) is 3. The Hall–Kier alpha value is -2.95. The van der Waals surface area contributed by atoms with E-state index in [4.69, 9.17) is 9.47 Å². The highest BCUT2D eigenvalue weighted by Gasteiger charge is 2.07. The number of urea groups is 1. The van der Waals surface area contributed by atoms with Gasteiger partial charge in [-0.1, -0.05) is 36.9 Å². The summed E-state index contributed by atoms with van der Waals surface area (Å²) in [5.41, 5.74) is 0.608. The third kappa shape index (κ3) is 5.74. The number of benzene rings is 2. The number of carbonyl (C=O) groups is 1. The largest absolute Gasteiger partial charge is 0.502 e. The molecule has 2 aromatic rings. The molecule has 2 rings (SSSR count). The SMILES string of the molecule is C=COCCCNC(=O)Nc1ccccc1Oc1ccccc1. The van der Waals surface area contributed by atoms with E-state index < -0.39 is 0 Å². The summed E-state index contributed by atoms with van der Waals surface area (Å²) in [6.07, 6.45) is 2.10. The van der Waals surface area contributed by atoms with Gasteiger partial charge in [0.25, 0.3) is 0 Å². The molecule has 120 valence electrons. The van der Waals surface area contributed by atoms with Crippen LogP contribution in [0.3, 0.4) is 0 Å². The molecule has 0 aliphatic rings. The van der Waals surface area contributed by atoms with E-state index in [1.165, 1.54) is 6.26 Å². The van der Waals surface area contributed by atoms with Crippen LogP contribution < -0.4 is 15.4 Å². The Morgan fingerprint density at radius 2 is 1.83 bits per heavy atom. The molecule has 0 aliphatic carbocycles. The second-order valence-electron chi connectivity index (χ2n) is 4.68. The standard InChI is InChI=1S/C18H20N2O3/c1-2-22-14-8-13-19-18(21)20-16-11-6-7-12-17(16)23-15-9-4-3-5-10-15/h2-7,9-12H,1,8,13-14H2,(H2,19,20,21). The van der Waals surface area contributed by atoms with Gasteiger partial charge in [0, 0.05) is 6.54 Å². The number of carbonyl (C=O) groups excluding carboxylic acids is 1. The molecule has 5 heteroatoms. The highest BCUT2D eigenvalue weighted by Crippen LogP contribution is 2.28. The Labute approximate surface area is 135 Å². The lowest BCUT2D eigenvalue weighted by molar-refractivity contribution is 0.238. The molecule has 23 heavy (non-hydrogen) atoms. The fourth-order valence-corrected chi connectivity index (χ4v) is 1.88. The predicted octanol–water partition coefficient (Wildman–Crippen LogP) is 4.15. The summed E-state index contributed by atoms with van der Waals surface area (Å²) in [7, 11) is 0. The molecule has 0 unspecified atom stereocenters. The minimum atomic E-state index is -0.285. The lowest BCUT2D eigenvalue weighted by atomic mass is 10.3. The minimum Gasteiger partial charge on any atom is -0.502 e. The maximum absolute atomic E-state index is 11.9. The van der Waals surface area contributed by atoms with Crippen LogP contribution >= 0.6 is 0 Å². The summed E-state index contributed by atoms with van der Waals surface area (Å²) < 4.78 is 10.8. The van der Waals surface area contributed by atoms with Crippen LogP contribution in [0.1, 0.15) is 6.42 Å². The van der Waals surface area contributed by atoms with Crippen LogP contribution in [0.25, 0.3) is 0 Å². The summed E-state index contributed by atoms with van der Waals surface area (Å²) in [4.78, 5) is 11.9. The van der Waals surface area contributed by atoms with Gasteiger partial charge in [0.1, 0.15) is 5.75 Å². The fourth-order valence-electron chi connectivity index (χ4n) is 1.88. The number of amides is 2. The monoisotopic (exact) mass is 312 g/mol. The van der Waals surface area contributed by atoms with Crippen molar-refractivity contribution in [3.63, 3.8) is 0 Å². The quantitative estimate of drug-likeness (QED) is 0.568. The molecular weight excluding hydrogens is 292 g/mol. The summed E-state index contributed by atoms with van der Waals surface area (Å²) in [5, 5.41) is 5.55. The van der Waals surface area contributed by atoms with Crippen molar-refractivity contribution in [2.45, 2.75) is 6.42 Å². The van der Waals surface area contributed by atoms with Crippen molar-refractivity contribution < 1.29 is 14.3 Å². The van der Waals surface area contributed by atoms with E-state index >= 15 is 0 Å².